The number of aromatic nitrogens is 2. The predicted molar refractivity (Wildman–Crippen MR) is 71.2 cm³/mol. The van der Waals surface area contributed by atoms with Gasteiger partial charge in [-0.05, 0) is 17.7 Å². The molecule has 1 aromatic carbocycles. The number of fused-ring (bicyclic) bond motifs is 1. The van der Waals surface area contributed by atoms with Crippen molar-refractivity contribution in [3.8, 4) is 0 Å². The predicted octanol–water partition coefficient (Wildman–Crippen LogP) is 3.63. The van der Waals surface area contributed by atoms with Gasteiger partial charge in [-0.15, -0.1) is 11.8 Å². The summed E-state index contributed by atoms with van der Waals surface area (Å²) in [6.07, 6.45) is 3.98. The van der Waals surface area contributed by atoms with Crippen molar-refractivity contribution in [2.45, 2.75) is 10.8 Å². The van der Waals surface area contributed by atoms with Crippen LogP contribution in [-0.4, -0.2) is 9.38 Å². The number of hydrogen-bond donors (Lipinski definition) is 0. The molecular weight excluding hydrogens is 228 g/mol. The highest BCUT2D eigenvalue weighted by molar-refractivity contribution is 7.98. The molecule has 0 aliphatic carbocycles. The summed E-state index contributed by atoms with van der Waals surface area (Å²) in [5.74, 6) is 0.976. The fourth-order valence-corrected chi connectivity index (χ4v) is 2.68. The number of rotatable bonds is 3. The molecule has 3 aromatic rings. The Labute approximate surface area is 104 Å². The molecule has 2 aromatic heterocycles. The van der Waals surface area contributed by atoms with Gasteiger partial charge in [0.25, 0.3) is 0 Å². The first kappa shape index (κ1) is 10.4. The molecule has 0 radical (unpaired) electrons. The Hall–Kier alpha value is -1.74. The highest BCUT2D eigenvalue weighted by Crippen LogP contribution is 2.23. The molecule has 2 heterocycles. The zero-order valence-corrected chi connectivity index (χ0v) is 10.1. The fraction of sp³-hybridized carbons (Fsp3) is 0.0714. The average molecular weight is 240 g/mol. The van der Waals surface area contributed by atoms with Crippen molar-refractivity contribution in [1.29, 1.82) is 0 Å². The minimum absolute atomic E-state index is 0.976. The number of hydrogen-bond acceptors (Lipinski definition) is 2. The molecule has 0 bridgehead atoms. The summed E-state index contributed by atoms with van der Waals surface area (Å²) in [7, 11) is 0. The molecule has 0 atom stereocenters. The third-order valence-corrected chi connectivity index (χ3v) is 3.69. The normalized spacial score (nSPS) is 10.8. The lowest BCUT2D eigenvalue weighted by atomic mass is 10.2. The van der Waals surface area contributed by atoms with E-state index < -0.39 is 0 Å². The van der Waals surface area contributed by atoms with Gasteiger partial charge < -0.3 is 0 Å². The van der Waals surface area contributed by atoms with Gasteiger partial charge >= 0.3 is 0 Å². The van der Waals surface area contributed by atoms with Crippen molar-refractivity contribution in [2.75, 3.05) is 0 Å². The average Bonchev–Trinajstić information content (AvgIpc) is 2.81. The summed E-state index contributed by atoms with van der Waals surface area (Å²) in [6, 6.07) is 16.5. The van der Waals surface area contributed by atoms with Crippen LogP contribution in [0.5, 0.6) is 0 Å². The molecule has 2 nitrogen and oxygen atoms in total. The SMILES string of the molecule is c1ccc(CSc2cnc3ccccn23)cc1. The Morgan fingerprint density at radius 1 is 1.00 bits per heavy atom. The van der Waals surface area contributed by atoms with Crippen LogP contribution in [0.3, 0.4) is 0 Å². The Bertz CT molecular complexity index is 616. The second-order valence-corrected chi connectivity index (χ2v) is 4.80. The number of thioether (sulfide) groups is 1. The first-order chi connectivity index (χ1) is 8.43. The van der Waals surface area contributed by atoms with E-state index in [2.05, 4.69) is 39.8 Å². The van der Waals surface area contributed by atoms with Crippen molar-refractivity contribution >= 4 is 17.4 Å². The van der Waals surface area contributed by atoms with Crippen molar-refractivity contribution in [1.82, 2.24) is 9.38 Å². The molecular formula is C14H12N2S. The van der Waals surface area contributed by atoms with Crippen LogP contribution in [-0.2, 0) is 5.75 Å². The van der Waals surface area contributed by atoms with Crippen LogP contribution in [0, 0.1) is 0 Å². The second-order valence-electron chi connectivity index (χ2n) is 3.80. The Morgan fingerprint density at radius 2 is 1.82 bits per heavy atom. The Morgan fingerprint density at radius 3 is 2.71 bits per heavy atom. The topological polar surface area (TPSA) is 17.3 Å². The molecule has 0 fully saturated rings. The minimum atomic E-state index is 0.976. The zero-order chi connectivity index (χ0) is 11.5. The molecule has 0 unspecified atom stereocenters. The maximum absolute atomic E-state index is 4.37. The van der Waals surface area contributed by atoms with E-state index in [1.807, 2.05) is 42.2 Å². The first-order valence-corrected chi connectivity index (χ1v) is 6.51. The van der Waals surface area contributed by atoms with Crippen LogP contribution in [0.25, 0.3) is 5.65 Å². The monoisotopic (exact) mass is 240 g/mol. The van der Waals surface area contributed by atoms with E-state index >= 15 is 0 Å². The van der Waals surface area contributed by atoms with Gasteiger partial charge in [-0.25, -0.2) is 4.98 Å². The maximum Gasteiger partial charge on any atom is 0.137 e. The molecule has 3 heteroatoms. The van der Waals surface area contributed by atoms with Gasteiger partial charge in [0.15, 0.2) is 0 Å². The molecule has 0 saturated carbocycles. The van der Waals surface area contributed by atoms with E-state index in [4.69, 9.17) is 0 Å². The van der Waals surface area contributed by atoms with E-state index in [0.29, 0.717) is 0 Å². The van der Waals surface area contributed by atoms with Gasteiger partial charge in [-0.3, -0.25) is 4.40 Å². The molecule has 0 N–H and O–H groups in total. The van der Waals surface area contributed by atoms with Crippen LogP contribution in [0.2, 0.25) is 0 Å². The van der Waals surface area contributed by atoms with Crippen molar-refractivity contribution in [3.05, 3.63) is 66.5 Å². The Balaban J connectivity index is 1.82. The zero-order valence-electron chi connectivity index (χ0n) is 9.28. The van der Waals surface area contributed by atoms with Crippen LogP contribution in [0.4, 0.5) is 0 Å². The minimum Gasteiger partial charge on any atom is -0.295 e. The van der Waals surface area contributed by atoms with Gasteiger partial charge in [0.05, 0.1) is 11.2 Å². The quantitative estimate of drug-likeness (QED) is 0.650. The van der Waals surface area contributed by atoms with Crippen LogP contribution in [0.1, 0.15) is 5.56 Å². The van der Waals surface area contributed by atoms with Gasteiger partial charge in [0, 0.05) is 11.9 Å². The number of pyridine rings is 1. The van der Waals surface area contributed by atoms with Gasteiger partial charge in [-0.2, -0.15) is 0 Å². The molecule has 0 saturated heterocycles. The van der Waals surface area contributed by atoms with E-state index in [1.165, 1.54) is 10.6 Å². The summed E-state index contributed by atoms with van der Waals surface area (Å²) in [6.45, 7) is 0. The van der Waals surface area contributed by atoms with E-state index in [-0.39, 0.29) is 0 Å². The fourth-order valence-electron chi connectivity index (χ4n) is 1.75. The van der Waals surface area contributed by atoms with Crippen LogP contribution in [0.15, 0.2) is 66.0 Å². The molecule has 84 valence electrons. The summed E-state index contributed by atoms with van der Waals surface area (Å²) in [5, 5.41) is 1.18. The highest BCUT2D eigenvalue weighted by atomic mass is 32.2. The van der Waals surface area contributed by atoms with Crippen molar-refractivity contribution in [2.24, 2.45) is 0 Å². The van der Waals surface area contributed by atoms with Crippen molar-refractivity contribution in [3.63, 3.8) is 0 Å². The lowest BCUT2D eigenvalue weighted by Gasteiger charge is -2.01. The van der Waals surface area contributed by atoms with E-state index in [0.717, 1.165) is 11.4 Å². The Kier molecular flexibility index (Phi) is 2.84. The summed E-state index contributed by atoms with van der Waals surface area (Å²) in [5.41, 5.74) is 2.34. The lowest BCUT2D eigenvalue weighted by Crippen LogP contribution is -1.85. The molecule has 0 spiro atoms. The molecule has 0 amide bonds. The maximum atomic E-state index is 4.37. The largest absolute Gasteiger partial charge is 0.295 e. The second kappa shape index (κ2) is 4.63. The van der Waals surface area contributed by atoms with Gasteiger partial charge in [0.2, 0.25) is 0 Å². The van der Waals surface area contributed by atoms with Gasteiger partial charge in [-0.1, -0.05) is 36.4 Å². The summed E-state index contributed by atoms with van der Waals surface area (Å²) < 4.78 is 2.12. The van der Waals surface area contributed by atoms with Gasteiger partial charge in [0.1, 0.15) is 5.65 Å². The number of benzene rings is 1. The van der Waals surface area contributed by atoms with Crippen LogP contribution >= 0.6 is 11.8 Å². The van der Waals surface area contributed by atoms with E-state index in [1.54, 1.807) is 0 Å². The van der Waals surface area contributed by atoms with E-state index in [9.17, 15) is 0 Å². The standard InChI is InChI=1S/C14H12N2S/c1-2-6-12(7-3-1)11-17-14-10-15-13-8-4-5-9-16(13)14/h1-10H,11H2. The lowest BCUT2D eigenvalue weighted by molar-refractivity contribution is 1.05. The van der Waals surface area contributed by atoms with Crippen LogP contribution < -0.4 is 0 Å². The van der Waals surface area contributed by atoms with Crippen molar-refractivity contribution < 1.29 is 0 Å². The molecule has 3 rings (SSSR count). The smallest absolute Gasteiger partial charge is 0.137 e. The number of imidazole rings is 1. The molecule has 0 aliphatic heterocycles. The number of nitrogens with zero attached hydrogens (tertiary/aromatic N) is 2. The summed E-state index contributed by atoms with van der Waals surface area (Å²) in [4.78, 5) is 4.37. The molecule has 17 heavy (non-hydrogen) atoms. The molecule has 0 aliphatic rings. The highest BCUT2D eigenvalue weighted by Gasteiger charge is 2.02. The third kappa shape index (κ3) is 2.19. The first-order valence-electron chi connectivity index (χ1n) is 5.52. The summed E-state index contributed by atoms with van der Waals surface area (Å²) >= 11 is 1.81. The third-order valence-electron chi connectivity index (χ3n) is 2.61.